The Labute approximate surface area is 259 Å². The molecule has 14 heteroatoms. The average molecular weight is 624 g/mol. The number of aliphatic hydroxyl groups excluding tert-OH is 1. The van der Waals surface area contributed by atoms with Crippen LogP contribution in [0.3, 0.4) is 0 Å². The summed E-state index contributed by atoms with van der Waals surface area (Å²) in [5.41, 5.74) is 6.43. The van der Waals surface area contributed by atoms with Crippen LogP contribution in [0.4, 0.5) is 4.79 Å². The summed E-state index contributed by atoms with van der Waals surface area (Å²) in [5.74, 6) is -2.32. The van der Waals surface area contributed by atoms with Crippen LogP contribution < -0.4 is 0 Å². The van der Waals surface area contributed by atoms with Gasteiger partial charge in [0.2, 0.25) is 11.5 Å². The van der Waals surface area contributed by atoms with Crippen LogP contribution in [0.25, 0.3) is 10.4 Å². The number of esters is 1. The van der Waals surface area contributed by atoms with Crippen molar-refractivity contribution in [1.82, 2.24) is 4.90 Å². The van der Waals surface area contributed by atoms with Crippen LogP contribution in [0.15, 0.2) is 28.2 Å². The van der Waals surface area contributed by atoms with Crippen LogP contribution in [-0.4, -0.2) is 76.3 Å². The highest BCUT2D eigenvalue weighted by Gasteiger charge is 2.54. The Morgan fingerprint density at radius 1 is 1.25 bits per heavy atom. The fourth-order valence-electron chi connectivity index (χ4n) is 6.08. The second-order valence-corrected chi connectivity index (χ2v) is 12.7. The molecule has 0 spiro atoms. The van der Waals surface area contributed by atoms with Gasteiger partial charge in [-0.05, 0) is 57.9 Å². The van der Waals surface area contributed by atoms with E-state index in [0.717, 1.165) is 0 Å². The lowest BCUT2D eigenvalue weighted by atomic mass is 9.74. The summed E-state index contributed by atoms with van der Waals surface area (Å²) in [4.78, 5) is 41.7. The number of nitrogens with zero attached hydrogens (tertiary/aromatic N) is 5. The molecule has 7 atom stereocenters. The fourth-order valence-corrected chi connectivity index (χ4v) is 6.08. The molecule has 1 fully saturated rings. The van der Waals surface area contributed by atoms with E-state index in [4.69, 9.17) is 24.5 Å². The highest BCUT2D eigenvalue weighted by Crippen LogP contribution is 2.42. The van der Waals surface area contributed by atoms with Crippen LogP contribution >= 0.6 is 0 Å². The van der Waals surface area contributed by atoms with E-state index in [9.17, 15) is 24.8 Å². The lowest BCUT2D eigenvalue weighted by molar-refractivity contribution is -0.434. The van der Waals surface area contributed by atoms with Crippen molar-refractivity contribution in [1.29, 1.82) is 0 Å². The molecular formula is C30H49N5O9. The minimum atomic E-state index is -1.42. The maximum absolute atomic E-state index is 13.0. The number of aliphatic hydroxyl groups is 1. The van der Waals surface area contributed by atoms with Gasteiger partial charge in [0.15, 0.2) is 5.60 Å². The van der Waals surface area contributed by atoms with Crippen LogP contribution in [0.1, 0.15) is 88.0 Å². The van der Waals surface area contributed by atoms with Crippen molar-refractivity contribution in [3.63, 3.8) is 0 Å². The molecule has 0 bridgehead atoms. The Morgan fingerprint density at radius 2 is 1.89 bits per heavy atom. The van der Waals surface area contributed by atoms with Gasteiger partial charge in [0.05, 0.1) is 22.2 Å². The maximum Gasteiger partial charge on any atom is 0.411 e. The molecule has 0 aromatic carbocycles. The van der Waals surface area contributed by atoms with Gasteiger partial charge in [-0.2, -0.15) is 0 Å². The SMILES string of the molecule is CC[C@@H](O)[C@@]1(C)OC(=O)N(CCCCN=[N+]=[N-])[C@@H]1/C=C(\[C@H](C)C[C@@](C)(OC)[C@H](C)[C@@H](C)C1=C(C)C(=O)OC(C)(C)O1)[N+](=O)[O-]. The molecule has 1 saturated heterocycles. The maximum atomic E-state index is 13.0. The zero-order chi connectivity index (χ0) is 33.6. The number of methoxy groups -OCH3 is 1. The molecule has 0 aromatic rings. The first kappa shape index (κ1) is 36.8. The normalized spacial score (nSPS) is 26.0. The van der Waals surface area contributed by atoms with Crippen molar-refractivity contribution in [3.05, 3.63) is 43.7 Å². The van der Waals surface area contributed by atoms with Gasteiger partial charge in [0.25, 0.3) is 0 Å². The highest BCUT2D eigenvalue weighted by atomic mass is 16.7. The van der Waals surface area contributed by atoms with Crippen molar-refractivity contribution in [2.45, 2.75) is 117 Å². The van der Waals surface area contributed by atoms with Crippen LogP contribution in [0.5, 0.6) is 0 Å². The number of amides is 1. The molecule has 2 aliphatic rings. The zero-order valence-corrected chi connectivity index (χ0v) is 27.7. The number of carbonyl (C=O) groups is 2. The van der Waals surface area contributed by atoms with E-state index in [0.29, 0.717) is 24.2 Å². The van der Waals surface area contributed by atoms with E-state index in [2.05, 4.69) is 10.0 Å². The van der Waals surface area contributed by atoms with Crippen molar-refractivity contribution >= 4 is 12.1 Å². The molecule has 14 nitrogen and oxygen atoms in total. The summed E-state index contributed by atoms with van der Waals surface area (Å²) in [6.07, 6.45) is 1.14. The van der Waals surface area contributed by atoms with Gasteiger partial charge in [-0.25, -0.2) is 9.59 Å². The summed E-state index contributed by atoms with van der Waals surface area (Å²) in [5, 5.41) is 26.9. The molecule has 2 heterocycles. The lowest BCUT2D eigenvalue weighted by Gasteiger charge is -2.42. The second-order valence-electron chi connectivity index (χ2n) is 12.7. The first-order chi connectivity index (χ1) is 20.4. The molecule has 2 rings (SSSR count). The molecular weight excluding hydrogens is 574 g/mol. The smallest absolute Gasteiger partial charge is 0.411 e. The topological polar surface area (TPSA) is 186 Å². The Balaban J connectivity index is 2.45. The average Bonchev–Trinajstić information content (AvgIpc) is 3.20. The fraction of sp³-hybridized carbons (Fsp3) is 0.800. The van der Waals surface area contributed by atoms with Crippen molar-refractivity contribution < 1.29 is 38.6 Å². The Morgan fingerprint density at radius 3 is 2.43 bits per heavy atom. The molecule has 0 aromatic heterocycles. The van der Waals surface area contributed by atoms with Crippen molar-refractivity contribution in [2.24, 2.45) is 22.9 Å². The van der Waals surface area contributed by atoms with E-state index in [-0.39, 0.29) is 43.5 Å². The van der Waals surface area contributed by atoms with Gasteiger partial charge < -0.3 is 24.1 Å². The predicted molar refractivity (Wildman–Crippen MR) is 161 cm³/mol. The second kappa shape index (κ2) is 14.6. The number of hydrogen-bond donors (Lipinski definition) is 1. The largest absolute Gasteiger partial charge is 0.456 e. The standard InChI is InChI=1S/C30H49N5O9/c1-11-24(36)30(9)23(34(27(38)44-30)15-13-12-14-32-33-31)16-22(35(39)40)18(2)17-29(8,41-10)21(5)19(3)25-20(4)26(37)43-28(6,7)42-25/h16,18-19,21,23-24,36H,11-15,17H2,1-10H3/b22-16+/t18-,19-,21-,23-,24-,29-,30+/m1/s1. The van der Waals surface area contributed by atoms with Gasteiger partial charge in [-0.1, -0.05) is 32.8 Å². The van der Waals surface area contributed by atoms with Gasteiger partial charge in [0.1, 0.15) is 11.8 Å². The third-order valence-electron chi connectivity index (χ3n) is 9.20. The minimum absolute atomic E-state index is 0.140. The summed E-state index contributed by atoms with van der Waals surface area (Å²) in [7, 11) is 1.54. The van der Waals surface area contributed by atoms with Crippen LogP contribution in [0, 0.1) is 27.9 Å². The van der Waals surface area contributed by atoms with Gasteiger partial charge in [-0.15, -0.1) is 0 Å². The molecule has 2 aliphatic heterocycles. The number of azide groups is 1. The molecule has 0 saturated carbocycles. The van der Waals surface area contributed by atoms with Crippen LogP contribution in [0.2, 0.25) is 0 Å². The Hall–Kier alpha value is -3.35. The number of allylic oxidation sites excluding steroid dienone is 2. The number of unbranched alkanes of at least 4 members (excludes halogenated alkanes) is 1. The third-order valence-corrected chi connectivity index (χ3v) is 9.20. The molecule has 1 amide bonds. The molecule has 0 unspecified atom stereocenters. The van der Waals surface area contributed by atoms with Crippen LogP contribution in [-0.2, 0) is 23.7 Å². The number of hydrogen-bond acceptors (Lipinski definition) is 10. The van der Waals surface area contributed by atoms with E-state index in [1.807, 2.05) is 20.8 Å². The lowest BCUT2D eigenvalue weighted by Crippen LogP contribution is -2.51. The van der Waals surface area contributed by atoms with E-state index in [1.165, 1.54) is 11.0 Å². The number of carbonyl (C=O) groups excluding carboxylic acids is 2. The predicted octanol–water partition coefficient (Wildman–Crippen LogP) is 5.87. The third kappa shape index (κ3) is 8.02. The zero-order valence-electron chi connectivity index (χ0n) is 27.7. The Bertz CT molecular complexity index is 1200. The summed E-state index contributed by atoms with van der Waals surface area (Å²) in [6, 6.07) is -0.922. The molecule has 248 valence electrons. The van der Waals surface area contributed by atoms with Gasteiger partial charge in [0, 0.05) is 56.9 Å². The minimum Gasteiger partial charge on any atom is -0.456 e. The quantitative estimate of drug-likeness (QED) is 0.0417. The summed E-state index contributed by atoms with van der Waals surface area (Å²) < 4.78 is 23.1. The number of rotatable bonds is 16. The van der Waals surface area contributed by atoms with Gasteiger partial charge in [-0.3, -0.25) is 15.0 Å². The number of nitro groups is 1. The Kier molecular flexibility index (Phi) is 12.2. The molecule has 44 heavy (non-hydrogen) atoms. The van der Waals surface area contributed by atoms with Gasteiger partial charge >= 0.3 is 12.1 Å². The monoisotopic (exact) mass is 623 g/mol. The van der Waals surface area contributed by atoms with E-state index >= 15 is 0 Å². The summed E-state index contributed by atoms with van der Waals surface area (Å²) in [6.45, 7) is 16.2. The highest BCUT2D eigenvalue weighted by molar-refractivity contribution is 5.89. The first-order valence-corrected chi connectivity index (χ1v) is 15.1. The van der Waals surface area contributed by atoms with Crippen molar-refractivity contribution in [2.75, 3.05) is 20.2 Å². The van der Waals surface area contributed by atoms with Crippen molar-refractivity contribution in [3.8, 4) is 0 Å². The van der Waals surface area contributed by atoms with E-state index < -0.39 is 52.0 Å². The number of ether oxygens (including phenoxy) is 4. The first-order valence-electron chi connectivity index (χ1n) is 15.1. The van der Waals surface area contributed by atoms with E-state index in [1.54, 1.807) is 48.7 Å². The molecule has 0 aliphatic carbocycles. The number of cyclic esters (lactones) is 2. The molecule has 1 N–H and O–H groups in total. The molecule has 0 radical (unpaired) electrons. The summed E-state index contributed by atoms with van der Waals surface area (Å²) >= 11 is 0.